The Morgan fingerprint density at radius 3 is 2.81 bits per heavy atom. The zero-order valence-corrected chi connectivity index (χ0v) is 19.9. The highest BCUT2D eigenvalue weighted by molar-refractivity contribution is 14.1. The van der Waals surface area contributed by atoms with Crippen LogP contribution in [0.2, 0.25) is 0 Å². The monoisotopic (exact) mass is 545 g/mol. The second-order valence-corrected chi connectivity index (χ2v) is 9.05. The minimum absolute atomic E-state index is 0.0622. The van der Waals surface area contributed by atoms with Gasteiger partial charge in [-0.25, -0.2) is 0 Å². The first-order valence-electron chi connectivity index (χ1n) is 9.61. The maximum absolute atomic E-state index is 12.8. The average molecular weight is 545 g/mol. The molecule has 0 spiro atoms. The summed E-state index contributed by atoms with van der Waals surface area (Å²) in [5.74, 6) is 0.528. The van der Waals surface area contributed by atoms with Crippen molar-refractivity contribution in [2.45, 2.75) is 25.7 Å². The van der Waals surface area contributed by atoms with Crippen molar-refractivity contribution in [1.29, 1.82) is 10.5 Å². The van der Waals surface area contributed by atoms with Crippen LogP contribution in [0.4, 0.5) is 5.00 Å². The number of methoxy groups -OCH3 is 1. The Kier molecular flexibility index (Phi) is 7.72. The Hall–Kier alpha value is -2.82. The van der Waals surface area contributed by atoms with E-state index in [1.54, 1.807) is 18.2 Å². The smallest absolute Gasteiger partial charge is 0.266 e. The van der Waals surface area contributed by atoms with Gasteiger partial charge in [-0.3, -0.25) is 4.79 Å². The Balaban J connectivity index is 1.89. The van der Waals surface area contributed by atoms with Crippen molar-refractivity contribution >= 4 is 50.9 Å². The van der Waals surface area contributed by atoms with Gasteiger partial charge >= 0.3 is 0 Å². The van der Waals surface area contributed by atoms with Gasteiger partial charge in [0.05, 0.1) is 16.2 Å². The number of benzene rings is 1. The number of thiophene rings is 1. The molecule has 0 saturated heterocycles. The number of anilines is 1. The van der Waals surface area contributed by atoms with E-state index in [4.69, 9.17) is 9.47 Å². The molecule has 31 heavy (non-hydrogen) atoms. The maximum Gasteiger partial charge on any atom is 0.266 e. The summed E-state index contributed by atoms with van der Waals surface area (Å²) in [5.41, 5.74) is 2.12. The number of amides is 1. The highest BCUT2D eigenvalue weighted by Gasteiger charge is 2.23. The Bertz CT molecular complexity index is 1140. The molecular formula is C23H20IN3O3S. The van der Waals surface area contributed by atoms with Crippen LogP contribution in [0.25, 0.3) is 6.08 Å². The molecule has 0 saturated carbocycles. The Labute approximate surface area is 198 Å². The molecule has 2 aromatic rings. The fourth-order valence-electron chi connectivity index (χ4n) is 3.36. The van der Waals surface area contributed by atoms with E-state index in [1.807, 2.05) is 6.07 Å². The molecule has 158 valence electrons. The first-order valence-corrected chi connectivity index (χ1v) is 11.5. The second-order valence-electron chi connectivity index (χ2n) is 6.78. The number of hydrogen-bond acceptors (Lipinski definition) is 6. The van der Waals surface area contributed by atoms with E-state index in [-0.39, 0.29) is 5.57 Å². The Morgan fingerprint density at radius 1 is 1.35 bits per heavy atom. The van der Waals surface area contributed by atoms with E-state index in [2.05, 4.69) is 40.6 Å². The lowest BCUT2D eigenvalue weighted by Gasteiger charge is -2.12. The molecule has 3 rings (SSSR count). The van der Waals surface area contributed by atoms with Crippen LogP contribution in [-0.4, -0.2) is 19.6 Å². The predicted octanol–water partition coefficient (Wildman–Crippen LogP) is 5.22. The molecule has 1 aromatic carbocycles. The maximum atomic E-state index is 12.8. The van der Waals surface area contributed by atoms with Crippen LogP contribution in [0.3, 0.4) is 0 Å². The van der Waals surface area contributed by atoms with Crippen molar-refractivity contribution < 1.29 is 14.3 Å². The number of fused-ring (bicyclic) bond motifs is 1. The SMILES string of the molecule is C=CCOc1c(I)cc(/C=C(/C#N)C(=O)Nc2sc3c(c2C#N)CCCC3)cc1OC. The summed E-state index contributed by atoms with van der Waals surface area (Å²) < 4.78 is 11.8. The number of ether oxygens (including phenoxy) is 2. The van der Waals surface area contributed by atoms with Crippen molar-refractivity contribution in [3.63, 3.8) is 0 Å². The lowest BCUT2D eigenvalue weighted by molar-refractivity contribution is -0.112. The number of nitrogens with zero attached hydrogens (tertiary/aromatic N) is 2. The van der Waals surface area contributed by atoms with E-state index in [1.165, 1.54) is 24.5 Å². The molecule has 0 unspecified atom stereocenters. The topological polar surface area (TPSA) is 95.1 Å². The van der Waals surface area contributed by atoms with Crippen LogP contribution in [0, 0.1) is 26.2 Å². The molecule has 0 bridgehead atoms. The minimum Gasteiger partial charge on any atom is -0.493 e. The summed E-state index contributed by atoms with van der Waals surface area (Å²) in [7, 11) is 1.53. The van der Waals surface area contributed by atoms with Gasteiger partial charge in [-0.05, 0) is 77.6 Å². The van der Waals surface area contributed by atoms with Crippen molar-refractivity contribution in [3.05, 3.63) is 55.5 Å². The van der Waals surface area contributed by atoms with E-state index in [0.717, 1.165) is 39.7 Å². The number of nitrogens with one attached hydrogen (secondary N) is 1. The lowest BCUT2D eigenvalue weighted by Crippen LogP contribution is -2.13. The van der Waals surface area contributed by atoms with Crippen molar-refractivity contribution in [1.82, 2.24) is 0 Å². The summed E-state index contributed by atoms with van der Waals surface area (Å²) in [4.78, 5) is 14.0. The fraction of sp³-hybridized carbons (Fsp3) is 0.261. The second kappa shape index (κ2) is 10.5. The van der Waals surface area contributed by atoms with Gasteiger partial charge in [-0.2, -0.15) is 10.5 Å². The Morgan fingerprint density at radius 2 is 2.13 bits per heavy atom. The molecule has 0 radical (unpaired) electrons. The van der Waals surface area contributed by atoms with Gasteiger partial charge in [-0.1, -0.05) is 12.7 Å². The fourth-order valence-corrected chi connectivity index (χ4v) is 5.38. The standard InChI is InChI=1S/C23H20IN3O3S/c1-3-8-30-21-18(24)10-14(11-19(21)29-2)9-15(12-25)22(28)27-23-17(13-26)16-6-4-5-7-20(16)31-23/h3,9-11H,1,4-8H2,2H3,(H,27,28)/b15-9-. The minimum atomic E-state index is -0.543. The first kappa shape index (κ1) is 22.9. The molecule has 1 heterocycles. The molecule has 8 heteroatoms. The summed E-state index contributed by atoms with van der Waals surface area (Å²) in [6.45, 7) is 3.97. The third-order valence-electron chi connectivity index (χ3n) is 4.78. The van der Waals surface area contributed by atoms with E-state index in [9.17, 15) is 15.3 Å². The summed E-state index contributed by atoms with van der Waals surface area (Å²) >= 11 is 3.54. The van der Waals surface area contributed by atoms with Gasteiger partial charge < -0.3 is 14.8 Å². The number of carbonyl (C=O) groups is 1. The highest BCUT2D eigenvalue weighted by Crippen LogP contribution is 2.38. The van der Waals surface area contributed by atoms with Crippen LogP contribution < -0.4 is 14.8 Å². The van der Waals surface area contributed by atoms with Gasteiger partial charge in [0.25, 0.3) is 5.91 Å². The average Bonchev–Trinajstić information content (AvgIpc) is 3.13. The van der Waals surface area contributed by atoms with Crippen LogP contribution in [0.15, 0.2) is 30.4 Å². The number of halogens is 1. The van der Waals surface area contributed by atoms with Crippen LogP contribution >= 0.6 is 33.9 Å². The van der Waals surface area contributed by atoms with E-state index < -0.39 is 5.91 Å². The molecule has 1 aromatic heterocycles. The normalized spacial score (nSPS) is 12.8. The third-order valence-corrected chi connectivity index (χ3v) is 6.79. The lowest BCUT2D eigenvalue weighted by atomic mass is 9.96. The van der Waals surface area contributed by atoms with Crippen molar-refractivity contribution in [3.8, 4) is 23.6 Å². The largest absolute Gasteiger partial charge is 0.493 e. The van der Waals surface area contributed by atoms with Gasteiger partial charge in [0, 0.05) is 4.88 Å². The molecular weight excluding hydrogens is 525 g/mol. The molecule has 0 aliphatic heterocycles. The van der Waals surface area contributed by atoms with Crippen LogP contribution in [-0.2, 0) is 17.6 Å². The molecule has 1 aliphatic rings. The predicted molar refractivity (Wildman–Crippen MR) is 129 cm³/mol. The summed E-state index contributed by atoms with van der Waals surface area (Å²) in [6.07, 6.45) is 7.04. The third kappa shape index (κ3) is 5.09. The highest BCUT2D eigenvalue weighted by atomic mass is 127. The molecule has 1 amide bonds. The van der Waals surface area contributed by atoms with E-state index >= 15 is 0 Å². The molecule has 1 N–H and O–H groups in total. The van der Waals surface area contributed by atoms with Crippen LogP contribution in [0.5, 0.6) is 11.5 Å². The molecule has 0 atom stereocenters. The first-order chi connectivity index (χ1) is 15.0. The van der Waals surface area contributed by atoms with Gasteiger partial charge in [0.2, 0.25) is 0 Å². The molecule has 1 aliphatic carbocycles. The van der Waals surface area contributed by atoms with Gasteiger partial charge in [0.15, 0.2) is 11.5 Å². The van der Waals surface area contributed by atoms with Crippen molar-refractivity contribution in [2.24, 2.45) is 0 Å². The van der Waals surface area contributed by atoms with E-state index in [0.29, 0.717) is 34.2 Å². The van der Waals surface area contributed by atoms with Gasteiger partial charge in [-0.15, -0.1) is 11.3 Å². The number of aryl methyl sites for hydroxylation is 1. The number of rotatable bonds is 7. The number of hydrogen-bond donors (Lipinski definition) is 1. The molecule has 0 fully saturated rings. The number of carbonyl (C=O) groups excluding carboxylic acids is 1. The quantitative estimate of drug-likeness (QED) is 0.223. The van der Waals surface area contributed by atoms with Crippen LogP contribution in [0.1, 0.15) is 34.4 Å². The molecule has 6 nitrogen and oxygen atoms in total. The summed E-state index contributed by atoms with van der Waals surface area (Å²) in [6, 6.07) is 7.68. The zero-order chi connectivity index (χ0) is 22.4. The van der Waals surface area contributed by atoms with Gasteiger partial charge in [0.1, 0.15) is 29.3 Å². The van der Waals surface area contributed by atoms with Crippen molar-refractivity contribution in [2.75, 3.05) is 19.0 Å². The zero-order valence-electron chi connectivity index (χ0n) is 17.0. The number of nitriles is 2. The summed E-state index contributed by atoms with van der Waals surface area (Å²) in [5, 5.41) is 22.4.